The van der Waals surface area contributed by atoms with Gasteiger partial charge in [0.1, 0.15) is 5.56 Å². The van der Waals surface area contributed by atoms with Gasteiger partial charge in [0, 0.05) is 30.8 Å². The van der Waals surface area contributed by atoms with Crippen molar-refractivity contribution < 1.29 is 19.6 Å². The topological polar surface area (TPSA) is 159 Å². The maximum Gasteiger partial charge on any atom is 0.279 e. The predicted molar refractivity (Wildman–Crippen MR) is 98.3 cm³/mol. The highest BCUT2D eigenvalue weighted by Gasteiger charge is 2.25. The van der Waals surface area contributed by atoms with Crippen LogP contribution in [0.3, 0.4) is 0 Å². The Morgan fingerprint density at radius 2 is 1.46 bits per heavy atom. The second kappa shape index (κ2) is 8.20. The number of benzene rings is 2. The van der Waals surface area contributed by atoms with Gasteiger partial charge >= 0.3 is 0 Å². The summed E-state index contributed by atoms with van der Waals surface area (Å²) in [6, 6.07) is 7.82. The first-order valence-corrected chi connectivity index (χ1v) is 8.07. The van der Waals surface area contributed by atoms with Crippen molar-refractivity contribution in [2.24, 2.45) is 0 Å². The number of non-ortho nitro benzene ring substituents is 1. The van der Waals surface area contributed by atoms with E-state index in [-0.39, 0.29) is 29.3 Å². The second-order valence-electron chi connectivity index (χ2n) is 6.11. The molecule has 1 unspecified atom stereocenters. The third-order valence-corrected chi connectivity index (χ3v) is 4.25. The minimum atomic E-state index is -0.779. The van der Waals surface area contributed by atoms with E-state index in [0.717, 1.165) is 17.7 Å². The molecule has 0 saturated heterocycles. The number of nitrogens with one attached hydrogen (secondary N) is 1. The first kappa shape index (κ1) is 20.4. The normalized spacial score (nSPS) is 11.5. The Bertz CT molecular complexity index is 921. The monoisotopic (exact) mass is 388 g/mol. The molecule has 2 aromatic carbocycles. The molecule has 0 aliphatic heterocycles. The van der Waals surface area contributed by atoms with E-state index in [9.17, 15) is 35.1 Å². The number of carbonyl (C=O) groups is 1. The molecule has 146 valence electrons. The summed E-state index contributed by atoms with van der Waals surface area (Å²) in [5.41, 5.74) is -0.665. The average Bonchev–Trinajstić information content (AvgIpc) is 2.65. The Kier molecular flexibility index (Phi) is 5.98. The molecular formula is C17H16N4O7. The van der Waals surface area contributed by atoms with E-state index >= 15 is 0 Å². The second-order valence-corrected chi connectivity index (χ2v) is 6.11. The molecule has 11 nitrogen and oxygen atoms in total. The summed E-state index contributed by atoms with van der Waals surface area (Å²) < 4.78 is 0. The molecular weight excluding hydrogens is 372 g/mol. The van der Waals surface area contributed by atoms with Gasteiger partial charge in [0.25, 0.3) is 23.0 Å². The van der Waals surface area contributed by atoms with Crippen molar-refractivity contribution >= 4 is 23.0 Å². The van der Waals surface area contributed by atoms with E-state index in [4.69, 9.17) is 0 Å². The Morgan fingerprint density at radius 3 is 1.89 bits per heavy atom. The number of amides is 1. The lowest BCUT2D eigenvalue weighted by Gasteiger charge is -2.13. The molecule has 2 rings (SSSR count). The van der Waals surface area contributed by atoms with Crippen molar-refractivity contribution in [1.29, 1.82) is 0 Å². The largest absolute Gasteiger partial charge is 0.351 e. The van der Waals surface area contributed by atoms with Crippen LogP contribution in [-0.4, -0.2) is 27.2 Å². The third-order valence-electron chi connectivity index (χ3n) is 4.25. The summed E-state index contributed by atoms with van der Waals surface area (Å²) in [7, 11) is 0. The lowest BCUT2D eigenvalue weighted by atomic mass is 10.0. The van der Waals surface area contributed by atoms with Crippen LogP contribution < -0.4 is 5.32 Å². The van der Waals surface area contributed by atoms with Gasteiger partial charge in [-0.25, -0.2) is 0 Å². The van der Waals surface area contributed by atoms with Crippen molar-refractivity contribution in [2.75, 3.05) is 6.54 Å². The van der Waals surface area contributed by atoms with Crippen molar-refractivity contribution in [3.8, 4) is 0 Å². The van der Waals surface area contributed by atoms with Crippen LogP contribution in [0.2, 0.25) is 0 Å². The zero-order valence-electron chi connectivity index (χ0n) is 14.9. The fourth-order valence-corrected chi connectivity index (χ4v) is 2.58. The number of nitro benzene ring substituents is 3. The van der Waals surface area contributed by atoms with E-state index in [1.165, 1.54) is 19.1 Å². The van der Waals surface area contributed by atoms with Gasteiger partial charge in [-0.05, 0) is 18.4 Å². The highest BCUT2D eigenvalue weighted by atomic mass is 16.6. The molecule has 0 aliphatic carbocycles. The molecule has 11 heteroatoms. The van der Waals surface area contributed by atoms with Crippen LogP contribution in [0.15, 0.2) is 36.4 Å². The predicted octanol–water partition coefficient (Wildman–Crippen LogP) is 3.25. The molecule has 28 heavy (non-hydrogen) atoms. The van der Waals surface area contributed by atoms with Gasteiger partial charge in [0.2, 0.25) is 0 Å². The molecule has 0 saturated carbocycles. The molecule has 0 aliphatic rings. The van der Waals surface area contributed by atoms with E-state index < -0.39 is 32.1 Å². The lowest BCUT2D eigenvalue weighted by Crippen LogP contribution is -2.27. The van der Waals surface area contributed by atoms with Crippen LogP contribution in [0, 0.1) is 37.3 Å². The summed E-state index contributed by atoms with van der Waals surface area (Å²) in [6.45, 7) is 3.15. The maximum atomic E-state index is 12.3. The highest BCUT2D eigenvalue weighted by Crippen LogP contribution is 2.29. The van der Waals surface area contributed by atoms with Gasteiger partial charge in [-0.2, -0.15) is 0 Å². The first-order chi connectivity index (χ1) is 13.1. The molecule has 0 bridgehead atoms. The van der Waals surface area contributed by atoms with E-state index in [0.29, 0.717) is 0 Å². The van der Waals surface area contributed by atoms with Gasteiger partial charge in [0.15, 0.2) is 0 Å². The zero-order chi connectivity index (χ0) is 21.0. The molecule has 1 amide bonds. The van der Waals surface area contributed by atoms with Crippen LogP contribution in [0.4, 0.5) is 17.1 Å². The SMILES string of the molecule is Cc1c([N+](=O)[O-])cc(C(=O)NCC(C)c2ccc([N+](=O)[O-])cc2)cc1[N+](=O)[O-]. The van der Waals surface area contributed by atoms with E-state index in [1.807, 2.05) is 0 Å². The molecule has 0 fully saturated rings. The molecule has 0 heterocycles. The minimum absolute atomic E-state index is 0.0562. The molecule has 1 atom stereocenters. The Balaban J connectivity index is 2.17. The number of hydrogen-bond acceptors (Lipinski definition) is 7. The van der Waals surface area contributed by atoms with Gasteiger partial charge in [-0.3, -0.25) is 35.1 Å². The highest BCUT2D eigenvalue weighted by molar-refractivity contribution is 5.96. The smallest absolute Gasteiger partial charge is 0.279 e. The van der Waals surface area contributed by atoms with E-state index in [1.54, 1.807) is 19.1 Å². The summed E-state index contributed by atoms with van der Waals surface area (Å²) in [4.78, 5) is 43.1. The standard InChI is InChI=1S/C17H16N4O7/c1-10(12-3-5-14(6-4-12)19(23)24)9-18-17(22)13-7-15(20(25)26)11(2)16(8-13)21(27)28/h3-8,10H,9H2,1-2H3,(H,18,22). The van der Waals surface area contributed by atoms with Crippen LogP contribution in [0.1, 0.15) is 34.3 Å². The molecule has 0 radical (unpaired) electrons. The zero-order valence-corrected chi connectivity index (χ0v) is 14.9. The van der Waals surface area contributed by atoms with Gasteiger partial charge in [0.05, 0.1) is 20.3 Å². The Hall–Kier alpha value is -3.89. The van der Waals surface area contributed by atoms with E-state index in [2.05, 4.69) is 5.32 Å². The maximum absolute atomic E-state index is 12.3. The fraction of sp³-hybridized carbons (Fsp3) is 0.235. The van der Waals surface area contributed by atoms with Gasteiger partial charge in [-0.15, -0.1) is 0 Å². The summed E-state index contributed by atoms with van der Waals surface area (Å²) in [5, 5.41) is 35.5. The number of nitro groups is 3. The summed E-state index contributed by atoms with van der Waals surface area (Å²) >= 11 is 0. The van der Waals surface area contributed by atoms with Crippen molar-refractivity contribution in [3.63, 3.8) is 0 Å². The van der Waals surface area contributed by atoms with Gasteiger partial charge in [-0.1, -0.05) is 19.1 Å². The number of nitrogens with zero attached hydrogens (tertiary/aromatic N) is 3. The molecule has 0 spiro atoms. The van der Waals surface area contributed by atoms with Gasteiger partial charge < -0.3 is 5.32 Å². The van der Waals surface area contributed by atoms with Crippen molar-refractivity contribution in [2.45, 2.75) is 19.8 Å². The van der Waals surface area contributed by atoms with Crippen molar-refractivity contribution in [1.82, 2.24) is 5.32 Å². The minimum Gasteiger partial charge on any atom is -0.351 e. The van der Waals surface area contributed by atoms with Crippen LogP contribution in [-0.2, 0) is 0 Å². The third kappa shape index (κ3) is 4.44. The average molecular weight is 388 g/mol. The number of carbonyl (C=O) groups excluding carboxylic acids is 1. The van der Waals surface area contributed by atoms with Crippen LogP contribution in [0.25, 0.3) is 0 Å². The van der Waals surface area contributed by atoms with Crippen LogP contribution in [0.5, 0.6) is 0 Å². The fourth-order valence-electron chi connectivity index (χ4n) is 2.58. The summed E-state index contributed by atoms with van der Waals surface area (Å²) in [6.07, 6.45) is 0. The number of hydrogen-bond donors (Lipinski definition) is 1. The Labute approximate surface area is 158 Å². The van der Waals surface area contributed by atoms with Crippen LogP contribution >= 0.6 is 0 Å². The van der Waals surface area contributed by atoms with Crippen molar-refractivity contribution in [3.05, 3.63) is 83.4 Å². The quantitative estimate of drug-likeness (QED) is 0.563. The molecule has 2 aromatic rings. The molecule has 0 aromatic heterocycles. The first-order valence-electron chi connectivity index (χ1n) is 8.07. The number of rotatable bonds is 7. The summed E-state index contributed by atoms with van der Waals surface area (Å²) in [5.74, 6) is -0.903. The lowest BCUT2D eigenvalue weighted by molar-refractivity contribution is -0.395. The molecule has 1 N–H and O–H groups in total. The Morgan fingerprint density at radius 1 is 0.964 bits per heavy atom.